The molecule has 2 aromatic rings. The highest BCUT2D eigenvalue weighted by molar-refractivity contribution is 7.90. The molecule has 0 unspecified atom stereocenters. The molecule has 6 rings (SSSR count). The van der Waals surface area contributed by atoms with Crippen molar-refractivity contribution in [1.82, 2.24) is 4.90 Å². The lowest BCUT2D eigenvalue weighted by molar-refractivity contribution is -0.134. The maximum atomic E-state index is 13.9. The third kappa shape index (κ3) is 3.44. The zero-order chi connectivity index (χ0) is 25.2. The lowest BCUT2D eigenvalue weighted by atomic mass is 9.77. The highest BCUT2D eigenvalue weighted by Crippen LogP contribution is 2.55. The van der Waals surface area contributed by atoms with Crippen molar-refractivity contribution in [3.05, 3.63) is 75.6 Å². The van der Waals surface area contributed by atoms with Gasteiger partial charge in [-0.05, 0) is 66.5 Å². The van der Waals surface area contributed by atoms with Crippen LogP contribution in [0.4, 0.5) is 15.8 Å². The number of sulfonamides is 1. The van der Waals surface area contributed by atoms with Gasteiger partial charge < -0.3 is 15.3 Å². The van der Waals surface area contributed by atoms with E-state index in [0.717, 1.165) is 24.8 Å². The van der Waals surface area contributed by atoms with Crippen molar-refractivity contribution < 1.29 is 22.7 Å². The van der Waals surface area contributed by atoms with Gasteiger partial charge in [-0.2, -0.15) is 8.42 Å². The van der Waals surface area contributed by atoms with Gasteiger partial charge >= 0.3 is 0 Å². The average Bonchev–Trinajstić information content (AvgIpc) is 3.46. The van der Waals surface area contributed by atoms with Crippen LogP contribution >= 0.6 is 0 Å². The summed E-state index contributed by atoms with van der Waals surface area (Å²) < 4.78 is 43.4. The van der Waals surface area contributed by atoms with E-state index in [2.05, 4.69) is 19.7 Å². The number of nitrogens with one attached hydrogen (secondary N) is 1. The molecule has 2 saturated carbocycles. The fraction of sp³-hybridized carbons (Fsp3) is 0.333. The van der Waals surface area contributed by atoms with Crippen LogP contribution < -0.4 is 5.32 Å². The van der Waals surface area contributed by atoms with Gasteiger partial charge in [0.2, 0.25) is 0 Å². The highest BCUT2D eigenvalue weighted by Gasteiger charge is 2.57. The van der Waals surface area contributed by atoms with Crippen molar-refractivity contribution >= 4 is 33.1 Å². The van der Waals surface area contributed by atoms with E-state index in [9.17, 15) is 22.7 Å². The Kier molecular flexibility index (Phi) is 5.06. The number of aliphatic hydroxyl groups excluding tert-OH is 1. The predicted molar refractivity (Wildman–Crippen MR) is 128 cm³/mol. The molecule has 0 radical (unpaired) electrons. The normalized spacial score (nSPS) is 27.6. The van der Waals surface area contributed by atoms with Gasteiger partial charge in [-0.25, -0.2) is 4.39 Å². The summed E-state index contributed by atoms with van der Waals surface area (Å²) >= 11 is 0. The number of amides is 1. The number of hydrogen-bond acceptors (Lipinski definition) is 6. The fourth-order valence-corrected chi connectivity index (χ4v) is 7.35. The second-order valence-electron chi connectivity index (χ2n) is 9.58. The zero-order valence-corrected chi connectivity index (χ0v) is 19.7. The van der Waals surface area contributed by atoms with E-state index in [4.69, 9.17) is 5.53 Å². The molecule has 184 valence electrons. The van der Waals surface area contributed by atoms with E-state index in [1.54, 1.807) is 17.0 Å². The SMILES string of the molecule is [N-]=[N+]=Nc1ccc2c(c1)S(=O)(=O)N=C(C1=C(O)[C@@H]3[C@H]4CC[C@H](C4)[C@@H]3N(Cc3ccc(F)cc3)C1=O)N2. The van der Waals surface area contributed by atoms with E-state index in [1.165, 1.54) is 30.3 Å². The van der Waals surface area contributed by atoms with E-state index < -0.39 is 15.9 Å². The first-order chi connectivity index (χ1) is 17.3. The smallest absolute Gasteiger partial charge is 0.286 e. The summed E-state index contributed by atoms with van der Waals surface area (Å²) in [4.78, 5) is 18.0. The number of anilines is 1. The van der Waals surface area contributed by atoms with E-state index in [-0.39, 0.29) is 69.6 Å². The van der Waals surface area contributed by atoms with Crippen molar-refractivity contribution in [3.63, 3.8) is 0 Å². The molecule has 2 heterocycles. The molecule has 2 N–H and O–H groups in total. The average molecular weight is 509 g/mol. The summed E-state index contributed by atoms with van der Waals surface area (Å²) in [6.07, 6.45) is 2.75. The molecule has 2 aliphatic carbocycles. The van der Waals surface area contributed by atoms with Crippen molar-refractivity contribution in [3.8, 4) is 0 Å². The second kappa shape index (κ2) is 8.07. The van der Waals surface area contributed by atoms with Crippen molar-refractivity contribution in [2.75, 3.05) is 5.32 Å². The summed E-state index contributed by atoms with van der Waals surface area (Å²) in [7, 11) is -4.26. The number of fused-ring (bicyclic) bond motifs is 6. The molecule has 10 nitrogen and oxygen atoms in total. The van der Waals surface area contributed by atoms with Gasteiger partial charge in [-0.15, -0.1) is 4.40 Å². The number of halogens is 1. The van der Waals surface area contributed by atoms with E-state index in [0.29, 0.717) is 0 Å². The van der Waals surface area contributed by atoms with Crippen LogP contribution in [0.5, 0.6) is 0 Å². The molecule has 0 saturated heterocycles. The monoisotopic (exact) mass is 508 g/mol. The summed E-state index contributed by atoms with van der Waals surface area (Å²) in [5.41, 5.74) is 9.48. The third-order valence-corrected chi connectivity index (χ3v) is 8.97. The van der Waals surface area contributed by atoms with Crippen LogP contribution in [0.2, 0.25) is 0 Å². The van der Waals surface area contributed by atoms with Crippen molar-refractivity contribution in [2.45, 2.75) is 36.7 Å². The second-order valence-corrected chi connectivity index (χ2v) is 11.2. The molecule has 4 atom stereocenters. The minimum atomic E-state index is -4.26. The molecular formula is C24H21FN6O4S. The molecule has 4 aliphatic rings. The summed E-state index contributed by atoms with van der Waals surface area (Å²) in [6, 6.07) is 9.73. The van der Waals surface area contributed by atoms with Crippen LogP contribution in [0.3, 0.4) is 0 Å². The number of carbonyl (C=O) groups excluding carboxylic acids is 1. The minimum absolute atomic E-state index is 0.103. The third-order valence-electron chi connectivity index (χ3n) is 7.65. The van der Waals surface area contributed by atoms with Crippen LogP contribution in [0.15, 0.2) is 68.2 Å². The predicted octanol–water partition coefficient (Wildman–Crippen LogP) is 4.55. The fourth-order valence-electron chi connectivity index (χ4n) is 6.21. The Morgan fingerprint density at radius 2 is 1.94 bits per heavy atom. The number of aliphatic hydroxyl groups is 1. The van der Waals surface area contributed by atoms with Crippen LogP contribution in [-0.2, 0) is 21.4 Å². The Morgan fingerprint density at radius 1 is 1.19 bits per heavy atom. The molecule has 0 spiro atoms. The first kappa shape index (κ1) is 22.6. The minimum Gasteiger partial charge on any atom is -0.511 e. The largest absolute Gasteiger partial charge is 0.511 e. The number of amidine groups is 1. The zero-order valence-electron chi connectivity index (χ0n) is 18.9. The Hall–Kier alpha value is -3.89. The molecule has 1 amide bonds. The molecule has 2 aliphatic heterocycles. The number of azide groups is 1. The van der Waals surface area contributed by atoms with Crippen LogP contribution in [0.25, 0.3) is 10.4 Å². The number of carbonyl (C=O) groups is 1. The van der Waals surface area contributed by atoms with Crippen molar-refractivity contribution in [2.24, 2.45) is 27.3 Å². The molecular weight excluding hydrogens is 487 g/mol. The number of benzene rings is 2. The van der Waals surface area contributed by atoms with E-state index in [1.807, 2.05) is 0 Å². The molecule has 2 aromatic carbocycles. The molecule has 36 heavy (non-hydrogen) atoms. The van der Waals surface area contributed by atoms with Crippen LogP contribution in [0, 0.1) is 23.6 Å². The lowest BCUT2D eigenvalue weighted by Crippen LogP contribution is -2.53. The number of rotatable bonds is 4. The Bertz CT molecular complexity index is 1510. The quantitative estimate of drug-likeness (QED) is 0.353. The number of nitrogens with zero attached hydrogens (tertiary/aromatic N) is 5. The first-order valence-electron chi connectivity index (χ1n) is 11.6. The Morgan fingerprint density at radius 3 is 2.69 bits per heavy atom. The maximum absolute atomic E-state index is 13.9. The van der Waals surface area contributed by atoms with Gasteiger partial charge in [0.05, 0.1) is 5.69 Å². The molecule has 2 fully saturated rings. The molecule has 12 heteroatoms. The Labute approximate surface area is 205 Å². The van der Waals surface area contributed by atoms with Crippen LogP contribution in [0.1, 0.15) is 24.8 Å². The van der Waals surface area contributed by atoms with Gasteiger partial charge in [0.25, 0.3) is 15.9 Å². The van der Waals surface area contributed by atoms with Crippen molar-refractivity contribution in [1.29, 1.82) is 0 Å². The van der Waals surface area contributed by atoms with E-state index >= 15 is 0 Å². The van der Waals surface area contributed by atoms with Gasteiger partial charge in [0.15, 0.2) is 5.84 Å². The summed E-state index contributed by atoms with van der Waals surface area (Å²) in [5.74, 6) is -1.20. The molecule has 0 aromatic heterocycles. The standard InChI is InChI=1S/C24H21FN6O4S/c25-15-5-1-12(2-6-15)11-31-21-14-4-3-13(9-14)19(21)22(32)20(24(31)33)23-27-17-8-7-16(28-30-26)10-18(17)36(34,35)29-23/h1-2,5-8,10,13-14,19,21,32H,3-4,9,11H2,(H,27,29)/t13-,14+,19+,21-/m0/s1. The van der Waals surface area contributed by atoms with Gasteiger partial charge in [0, 0.05) is 29.1 Å². The van der Waals surface area contributed by atoms with Gasteiger partial charge in [0.1, 0.15) is 22.0 Å². The number of hydrogen-bond donors (Lipinski definition) is 2. The van der Waals surface area contributed by atoms with Crippen LogP contribution in [-0.4, -0.2) is 36.2 Å². The summed E-state index contributed by atoms with van der Waals surface area (Å²) in [5, 5.41) is 17.7. The highest BCUT2D eigenvalue weighted by atomic mass is 32.2. The Balaban J connectivity index is 1.43. The summed E-state index contributed by atoms with van der Waals surface area (Å²) in [6.45, 7) is 0.201. The topological polar surface area (TPSA) is 148 Å². The van der Waals surface area contributed by atoms with Gasteiger partial charge in [-0.1, -0.05) is 23.3 Å². The maximum Gasteiger partial charge on any atom is 0.286 e. The van der Waals surface area contributed by atoms with Gasteiger partial charge in [-0.3, -0.25) is 4.79 Å². The molecule has 2 bridgehead atoms. The lowest BCUT2D eigenvalue weighted by Gasteiger charge is -2.44. The first-order valence-corrected chi connectivity index (χ1v) is 13.0.